The summed E-state index contributed by atoms with van der Waals surface area (Å²) in [6.07, 6.45) is 0. The predicted molar refractivity (Wildman–Crippen MR) is 66.0 cm³/mol. The van der Waals surface area contributed by atoms with E-state index in [4.69, 9.17) is 8.83 Å². The normalized spacial score (nSPS) is 12.4. The summed E-state index contributed by atoms with van der Waals surface area (Å²) in [5.74, 6) is 1.26. The SMILES string of the molecule is c1cc2ccc1-c1nc3cc4nc-2oc4cc3o1. The fraction of sp³-hybridized carbons (Fsp3) is 0. The fourth-order valence-electron chi connectivity index (χ4n) is 2.35. The highest BCUT2D eigenvalue weighted by Gasteiger charge is 2.16. The Kier molecular flexibility index (Phi) is 1.23. The second-order valence-electron chi connectivity index (χ2n) is 4.40. The summed E-state index contributed by atoms with van der Waals surface area (Å²) < 4.78 is 11.5. The van der Waals surface area contributed by atoms with E-state index >= 15 is 0 Å². The highest BCUT2D eigenvalue weighted by Crippen LogP contribution is 2.33. The largest absolute Gasteiger partial charge is 0.436 e. The van der Waals surface area contributed by atoms with E-state index in [1.807, 2.05) is 36.4 Å². The van der Waals surface area contributed by atoms with Crippen molar-refractivity contribution < 1.29 is 8.83 Å². The molecule has 0 saturated carbocycles. The maximum absolute atomic E-state index is 5.75. The molecule has 0 saturated heterocycles. The number of oxazole rings is 2. The minimum atomic E-state index is 0.630. The summed E-state index contributed by atoms with van der Waals surface area (Å²) in [6, 6.07) is 11.6. The lowest BCUT2D eigenvalue weighted by atomic mass is 10.1. The van der Waals surface area contributed by atoms with Crippen molar-refractivity contribution in [1.82, 2.24) is 9.97 Å². The Hall–Kier alpha value is -2.62. The summed E-state index contributed by atoms with van der Waals surface area (Å²) >= 11 is 0. The maximum Gasteiger partial charge on any atom is 0.227 e. The number of nitrogens with zero attached hydrogens (tertiary/aromatic N) is 2. The molecule has 4 aliphatic heterocycles. The van der Waals surface area contributed by atoms with Gasteiger partial charge < -0.3 is 8.83 Å². The van der Waals surface area contributed by atoms with Crippen molar-refractivity contribution in [2.75, 3.05) is 0 Å². The molecule has 0 unspecified atom stereocenters. The quantitative estimate of drug-likeness (QED) is 0.410. The Balaban J connectivity index is 2.14. The highest BCUT2D eigenvalue weighted by molar-refractivity contribution is 5.91. The molecule has 0 N–H and O–H groups in total. The third-order valence-corrected chi connectivity index (χ3v) is 3.28. The molecule has 4 nitrogen and oxygen atoms in total. The number of rotatable bonds is 0. The van der Waals surface area contributed by atoms with Gasteiger partial charge in [-0.3, -0.25) is 0 Å². The topological polar surface area (TPSA) is 52.1 Å². The molecule has 0 fully saturated rings. The van der Waals surface area contributed by atoms with E-state index in [-0.39, 0.29) is 0 Å². The van der Waals surface area contributed by atoms with Gasteiger partial charge in [-0.2, -0.15) is 0 Å². The van der Waals surface area contributed by atoms with Crippen LogP contribution in [-0.2, 0) is 0 Å². The first-order valence-electron chi connectivity index (χ1n) is 5.69. The van der Waals surface area contributed by atoms with Gasteiger partial charge in [0.05, 0.1) is 0 Å². The van der Waals surface area contributed by atoms with Gasteiger partial charge in [-0.15, -0.1) is 0 Å². The molecule has 84 valence electrons. The van der Waals surface area contributed by atoms with Crippen molar-refractivity contribution in [3.63, 3.8) is 0 Å². The molecule has 2 aromatic carbocycles. The molecular formula is C14H6N2O2. The van der Waals surface area contributed by atoms with Crippen LogP contribution >= 0.6 is 0 Å². The molecule has 8 rings (SSSR count). The van der Waals surface area contributed by atoms with Crippen molar-refractivity contribution in [3.8, 4) is 22.9 Å². The van der Waals surface area contributed by atoms with Crippen molar-refractivity contribution >= 4 is 22.2 Å². The van der Waals surface area contributed by atoms with Crippen LogP contribution in [0.5, 0.6) is 0 Å². The first-order valence-corrected chi connectivity index (χ1v) is 5.69. The van der Waals surface area contributed by atoms with E-state index < -0.39 is 0 Å². The second kappa shape index (κ2) is 2.61. The van der Waals surface area contributed by atoms with Gasteiger partial charge in [-0.05, 0) is 30.3 Å². The van der Waals surface area contributed by atoms with E-state index in [1.165, 1.54) is 0 Å². The Morgan fingerprint density at radius 1 is 0.667 bits per heavy atom. The molecule has 4 aromatic rings. The minimum Gasteiger partial charge on any atom is -0.436 e. The number of benzene rings is 2. The third kappa shape index (κ3) is 0.913. The lowest BCUT2D eigenvalue weighted by molar-refractivity contribution is 0.611. The van der Waals surface area contributed by atoms with Crippen molar-refractivity contribution in [2.24, 2.45) is 0 Å². The van der Waals surface area contributed by atoms with Gasteiger partial charge in [0.2, 0.25) is 11.8 Å². The summed E-state index contributed by atoms with van der Waals surface area (Å²) in [5.41, 5.74) is 4.99. The monoisotopic (exact) mass is 234 g/mol. The zero-order chi connectivity index (χ0) is 11.7. The van der Waals surface area contributed by atoms with E-state index in [9.17, 15) is 0 Å². The van der Waals surface area contributed by atoms with E-state index in [2.05, 4.69) is 9.97 Å². The van der Waals surface area contributed by atoms with E-state index in [0.717, 1.165) is 33.3 Å². The Morgan fingerprint density at radius 2 is 1.17 bits per heavy atom. The first kappa shape index (κ1) is 8.47. The molecule has 0 spiro atoms. The Bertz CT molecular complexity index is 792. The number of hydrogen-bond donors (Lipinski definition) is 0. The van der Waals surface area contributed by atoms with Crippen molar-refractivity contribution in [3.05, 3.63) is 36.4 Å². The minimum absolute atomic E-state index is 0.630. The van der Waals surface area contributed by atoms with Gasteiger partial charge in [0.1, 0.15) is 11.0 Å². The van der Waals surface area contributed by atoms with Crippen LogP contribution in [0.15, 0.2) is 45.2 Å². The van der Waals surface area contributed by atoms with Crippen LogP contribution < -0.4 is 0 Å². The van der Waals surface area contributed by atoms with Gasteiger partial charge in [-0.1, -0.05) is 0 Å². The third-order valence-electron chi connectivity index (χ3n) is 3.28. The van der Waals surface area contributed by atoms with Gasteiger partial charge in [0.25, 0.3) is 0 Å². The summed E-state index contributed by atoms with van der Waals surface area (Å²) in [6.45, 7) is 0. The average molecular weight is 234 g/mol. The van der Waals surface area contributed by atoms with Gasteiger partial charge in [-0.25, -0.2) is 9.97 Å². The average Bonchev–Trinajstić information content (AvgIpc) is 2.95. The Morgan fingerprint density at radius 3 is 1.67 bits per heavy atom. The smallest absolute Gasteiger partial charge is 0.227 e. The molecule has 8 bridgehead atoms. The second-order valence-corrected chi connectivity index (χ2v) is 4.40. The first-order chi connectivity index (χ1) is 8.87. The molecule has 6 heterocycles. The van der Waals surface area contributed by atoms with Gasteiger partial charge in [0, 0.05) is 17.2 Å². The summed E-state index contributed by atoms with van der Waals surface area (Å²) in [5, 5.41) is 0. The zero-order valence-electron chi connectivity index (χ0n) is 9.18. The molecule has 0 aliphatic carbocycles. The van der Waals surface area contributed by atoms with Crippen LogP contribution in [0, 0.1) is 0 Å². The molecule has 0 amide bonds. The summed E-state index contributed by atoms with van der Waals surface area (Å²) in [4.78, 5) is 8.97. The van der Waals surface area contributed by atoms with E-state index in [0.29, 0.717) is 11.8 Å². The molecule has 18 heavy (non-hydrogen) atoms. The van der Waals surface area contributed by atoms with Crippen LogP contribution in [0.1, 0.15) is 0 Å². The molecule has 2 aromatic heterocycles. The molecule has 0 atom stereocenters. The zero-order valence-corrected chi connectivity index (χ0v) is 9.18. The number of aromatic nitrogens is 2. The summed E-state index contributed by atoms with van der Waals surface area (Å²) in [7, 11) is 0. The van der Waals surface area contributed by atoms with Crippen LogP contribution in [-0.4, -0.2) is 9.97 Å². The fourth-order valence-corrected chi connectivity index (χ4v) is 2.35. The predicted octanol–water partition coefficient (Wildman–Crippen LogP) is 3.62. The number of hydrogen-bond acceptors (Lipinski definition) is 4. The van der Waals surface area contributed by atoms with Gasteiger partial charge in [0.15, 0.2) is 11.2 Å². The standard InChI is InChI=1S/C14H6N2O2/c1-2-8-4-3-7(1)13-15-9-5-10-12(6-11(9)17-13)18-14(8)16-10/h1-6H. The van der Waals surface area contributed by atoms with Crippen molar-refractivity contribution in [1.29, 1.82) is 0 Å². The molecule has 0 radical (unpaired) electrons. The highest BCUT2D eigenvalue weighted by atomic mass is 16.4. The lowest BCUT2D eigenvalue weighted by Crippen LogP contribution is -1.79. The van der Waals surface area contributed by atoms with Crippen LogP contribution in [0.2, 0.25) is 0 Å². The molecular weight excluding hydrogens is 228 g/mol. The van der Waals surface area contributed by atoms with Crippen LogP contribution in [0.4, 0.5) is 0 Å². The van der Waals surface area contributed by atoms with Gasteiger partial charge >= 0.3 is 0 Å². The maximum atomic E-state index is 5.75. The van der Waals surface area contributed by atoms with Crippen LogP contribution in [0.25, 0.3) is 45.1 Å². The van der Waals surface area contributed by atoms with Crippen molar-refractivity contribution in [2.45, 2.75) is 0 Å². The van der Waals surface area contributed by atoms with E-state index in [1.54, 1.807) is 0 Å². The Labute approximate surface area is 101 Å². The molecule has 4 aliphatic rings. The molecule has 4 heteroatoms. The lowest BCUT2D eigenvalue weighted by Gasteiger charge is -1.97. The van der Waals surface area contributed by atoms with Crippen LogP contribution in [0.3, 0.4) is 0 Å².